The topological polar surface area (TPSA) is 92.0 Å². The maximum absolute atomic E-state index is 11.6. The SMILES string of the molecule is CCOC1CC(NC(=NC)NCc2cccc(CN3CCCC(C(N)=O)C3)c2)C12CCC2.I. The number of hydrogen-bond donors (Lipinski definition) is 3. The van der Waals surface area contributed by atoms with Crippen LogP contribution < -0.4 is 16.4 Å². The summed E-state index contributed by atoms with van der Waals surface area (Å²) in [6, 6.07) is 9.11. The molecule has 3 aliphatic rings. The van der Waals surface area contributed by atoms with Crippen LogP contribution in [0.2, 0.25) is 0 Å². The Morgan fingerprint density at radius 1 is 1.30 bits per heavy atom. The second-order valence-electron chi connectivity index (χ2n) is 9.69. The Hall–Kier alpha value is -1.39. The van der Waals surface area contributed by atoms with Crippen LogP contribution in [0.1, 0.15) is 56.6 Å². The van der Waals surface area contributed by atoms with E-state index in [0.29, 0.717) is 17.6 Å². The van der Waals surface area contributed by atoms with Gasteiger partial charge in [-0.05, 0) is 56.7 Å². The van der Waals surface area contributed by atoms with E-state index in [1.54, 1.807) is 0 Å². The van der Waals surface area contributed by atoms with Gasteiger partial charge in [0.2, 0.25) is 5.91 Å². The number of nitrogens with one attached hydrogen (secondary N) is 2. The summed E-state index contributed by atoms with van der Waals surface area (Å²) in [7, 11) is 1.84. The number of amides is 1. The highest BCUT2D eigenvalue weighted by atomic mass is 127. The van der Waals surface area contributed by atoms with Gasteiger partial charge in [0.25, 0.3) is 0 Å². The number of aliphatic imine (C=N–C) groups is 1. The third-order valence-corrected chi connectivity index (χ3v) is 7.74. The Morgan fingerprint density at radius 2 is 2.09 bits per heavy atom. The molecule has 2 aliphatic carbocycles. The van der Waals surface area contributed by atoms with Gasteiger partial charge >= 0.3 is 0 Å². The van der Waals surface area contributed by atoms with Crippen molar-refractivity contribution in [3.05, 3.63) is 35.4 Å². The van der Waals surface area contributed by atoms with Crippen molar-refractivity contribution < 1.29 is 9.53 Å². The molecule has 1 spiro atoms. The first kappa shape index (κ1) is 26.2. The Bertz CT molecular complexity index is 829. The average molecular weight is 570 g/mol. The van der Waals surface area contributed by atoms with Gasteiger partial charge in [-0.3, -0.25) is 14.7 Å². The number of primary amides is 1. The average Bonchev–Trinajstić information content (AvgIpc) is 2.74. The summed E-state index contributed by atoms with van der Waals surface area (Å²) in [5.41, 5.74) is 8.34. The smallest absolute Gasteiger partial charge is 0.221 e. The van der Waals surface area contributed by atoms with E-state index < -0.39 is 0 Å². The minimum Gasteiger partial charge on any atom is -0.378 e. The van der Waals surface area contributed by atoms with Gasteiger partial charge < -0.3 is 21.1 Å². The summed E-state index contributed by atoms with van der Waals surface area (Å²) >= 11 is 0. The van der Waals surface area contributed by atoms with E-state index in [-0.39, 0.29) is 35.8 Å². The molecule has 3 unspecified atom stereocenters. The number of guanidine groups is 1. The minimum absolute atomic E-state index is 0. The van der Waals surface area contributed by atoms with Crippen molar-refractivity contribution in [3.63, 3.8) is 0 Å². The van der Waals surface area contributed by atoms with E-state index in [0.717, 1.165) is 58.0 Å². The zero-order valence-electron chi connectivity index (χ0n) is 20.0. The maximum Gasteiger partial charge on any atom is 0.221 e. The molecule has 0 radical (unpaired) electrons. The summed E-state index contributed by atoms with van der Waals surface area (Å²) in [6.07, 6.45) is 7.21. The molecule has 1 aromatic rings. The predicted molar refractivity (Wildman–Crippen MR) is 142 cm³/mol. The summed E-state index contributed by atoms with van der Waals surface area (Å²) in [5, 5.41) is 7.15. The zero-order chi connectivity index (χ0) is 22.6. The zero-order valence-corrected chi connectivity index (χ0v) is 22.3. The summed E-state index contributed by atoms with van der Waals surface area (Å²) in [6.45, 7) is 6.25. The van der Waals surface area contributed by atoms with E-state index in [9.17, 15) is 4.79 Å². The molecule has 1 heterocycles. The van der Waals surface area contributed by atoms with E-state index in [4.69, 9.17) is 10.5 Å². The molecule has 7 nitrogen and oxygen atoms in total. The van der Waals surface area contributed by atoms with Gasteiger partial charge in [0.15, 0.2) is 5.96 Å². The first-order chi connectivity index (χ1) is 15.5. The van der Waals surface area contributed by atoms with Crippen LogP contribution >= 0.6 is 24.0 Å². The van der Waals surface area contributed by atoms with Gasteiger partial charge in [0.05, 0.1) is 12.0 Å². The fourth-order valence-electron chi connectivity index (χ4n) is 5.71. The van der Waals surface area contributed by atoms with E-state index in [1.165, 1.54) is 30.4 Å². The Morgan fingerprint density at radius 3 is 2.76 bits per heavy atom. The number of carbonyl (C=O) groups excluding carboxylic acids is 1. The molecule has 3 atom stereocenters. The molecule has 2 saturated carbocycles. The molecular formula is C25H40IN5O2. The van der Waals surface area contributed by atoms with Crippen LogP contribution in [0.25, 0.3) is 0 Å². The molecule has 1 amide bonds. The van der Waals surface area contributed by atoms with Gasteiger partial charge in [-0.15, -0.1) is 24.0 Å². The van der Waals surface area contributed by atoms with Gasteiger partial charge in [0.1, 0.15) is 0 Å². The quantitative estimate of drug-likeness (QED) is 0.255. The standard InChI is InChI=1S/C25H39N5O2.HI/c1-3-32-22-14-21(25(22)10-6-11-25)29-24(27-2)28-15-18-7-4-8-19(13-18)16-30-12-5-9-20(17-30)23(26)31;/h4,7-8,13,20-22H,3,5-6,9-12,14-17H2,1-2H3,(H2,26,31)(H2,27,28,29);1H. The molecule has 0 bridgehead atoms. The van der Waals surface area contributed by atoms with Crippen molar-refractivity contribution in [2.45, 2.75) is 70.7 Å². The van der Waals surface area contributed by atoms with Crippen molar-refractivity contribution >= 4 is 35.8 Å². The van der Waals surface area contributed by atoms with Crippen LogP contribution in [0.5, 0.6) is 0 Å². The number of likely N-dealkylation sites (tertiary alicyclic amines) is 1. The monoisotopic (exact) mass is 569 g/mol. The molecular weight excluding hydrogens is 529 g/mol. The normalized spacial score (nSPS) is 26.6. The van der Waals surface area contributed by atoms with Gasteiger partial charge in [-0.2, -0.15) is 0 Å². The highest BCUT2D eigenvalue weighted by molar-refractivity contribution is 14.0. The first-order valence-electron chi connectivity index (χ1n) is 12.2. The number of ether oxygens (including phenoxy) is 1. The van der Waals surface area contributed by atoms with Gasteiger partial charge in [0, 0.05) is 44.7 Å². The molecule has 184 valence electrons. The second-order valence-corrected chi connectivity index (χ2v) is 9.69. The predicted octanol–water partition coefficient (Wildman–Crippen LogP) is 3.01. The molecule has 0 aromatic heterocycles. The number of carbonyl (C=O) groups is 1. The van der Waals surface area contributed by atoms with Crippen molar-refractivity contribution in [3.8, 4) is 0 Å². The lowest BCUT2D eigenvalue weighted by Crippen LogP contribution is -2.68. The molecule has 1 aromatic carbocycles. The Labute approximate surface area is 215 Å². The third kappa shape index (κ3) is 6.00. The summed E-state index contributed by atoms with van der Waals surface area (Å²) < 4.78 is 5.98. The van der Waals surface area contributed by atoms with E-state index >= 15 is 0 Å². The molecule has 1 aliphatic heterocycles. The molecule has 4 N–H and O–H groups in total. The number of nitrogens with zero attached hydrogens (tertiary/aromatic N) is 2. The number of piperidine rings is 1. The van der Waals surface area contributed by atoms with Gasteiger partial charge in [-0.1, -0.05) is 30.7 Å². The van der Waals surface area contributed by atoms with Crippen LogP contribution in [0.15, 0.2) is 29.3 Å². The van der Waals surface area contributed by atoms with E-state index in [2.05, 4.69) is 51.7 Å². The van der Waals surface area contributed by atoms with Crippen LogP contribution in [-0.4, -0.2) is 55.7 Å². The Kier molecular flexibility index (Phi) is 9.41. The van der Waals surface area contributed by atoms with Crippen molar-refractivity contribution in [2.75, 3.05) is 26.7 Å². The molecule has 4 rings (SSSR count). The Balaban J connectivity index is 0.00000306. The number of halogens is 1. The maximum atomic E-state index is 11.6. The summed E-state index contributed by atoms with van der Waals surface area (Å²) in [4.78, 5) is 18.4. The molecule has 33 heavy (non-hydrogen) atoms. The van der Waals surface area contributed by atoms with Gasteiger partial charge in [-0.25, -0.2) is 0 Å². The van der Waals surface area contributed by atoms with Crippen LogP contribution in [0, 0.1) is 11.3 Å². The highest BCUT2D eigenvalue weighted by Gasteiger charge is 2.59. The third-order valence-electron chi connectivity index (χ3n) is 7.74. The number of nitrogens with two attached hydrogens (primary N) is 1. The number of rotatable bonds is 8. The number of hydrogen-bond acceptors (Lipinski definition) is 4. The van der Waals surface area contributed by atoms with Crippen LogP contribution in [0.4, 0.5) is 0 Å². The van der Waals surface area contributed by atoms with Crippen LogP contribution in [-0.2, 0) is 22.6 Å². The lowest BCUT2D eigenvalue weighted by Gasteiger charge is -2.61. The minimum atomic E-state index is -0.172. The second kappa shape index (κ2) is 11.8. The fraction of sp³-hybridized carbons (Fsp3) is 0.680. The largest absolute Gasteiger partial charge is 0.378 e. The fourth-order valence-corrected chi connectivity index (χ4v) is 5.71. The lowest BCUT2D eigenvalue weighted by molar-refractivity contribution is -0.168. The van der Waals surface area contributed by atoms with Crippen LogP contribution in [0.3, 0.4) is 0 Å². The number of benzene rings is 1. The van der Waals surface area contributed by atoms with Crippen molar-refractivity contribution in [1.29, 1.82) is 0 Å². The highest BCUT2D eigenvalue weighted by Crippen LogP contribution is 2.57. The lowest BCUT2D eigenvalue weighted by atomic mass is 9.51. The first-order valence-corrected chi connectivity index (χ1v) is 12.2. The van der Waals surface area contributed by atoms with E-state index in [1.807, 2.05) is 7.05 Å². The summed E-state index contributed by atoms with van der Waals surface area (Å²) in [5.74, 6) is 0.673. The molecule has 3 fully saturated rings. The molecule has 1 saturated heterocycles. The van der Waals surface area contributed by atoms with Crippen molar-refractivity contribution in [2.24, 2.45) is 22.1 Å². The molecule has 8 heteroatoms. The van der Waals surface area contributed by atoms with Crippen molar-refractivity contribution in [1.82, 2.24) is 15.5 Å².